The van der Waals surface area contributed by atoms with Gasteiger partial charge in [0.1, 0.15) is 0 Å². The number of allylic oxidation sites excluding steroid dienone is 1. The van der Waals surface area contributed by atoms with E-state index in [2.05, 4.69) is 38.4 Å². The number of hydrogen-bond donors (Lipinski definition) is 0. The molecular weight excluding hydrogens is 277 g/mol. The summed E-state index contributed by atoms with van der Waals surface area (Å²) in [5.41, 5.74) is 0. The average molecular weight is 284 g/mol. The second-order valence-corrected chi connectivity index (χ2v) is 3.25. The third-order valence-corrected chi connectivity index (χ3v) is 0.757. The highest BCUT2D eigenvalue weighted by Crippen LogP contribution is 2.27. The van der Waals surface area contributed by atoms with E-state index in [0.717, 1.165) is 5.33 Å². The number of halogens is 5. The van der Waals surface area contributed by atoms with E-state index < -0.39 is 10.7 Å². The van der Waals surface area contributed by atoms with Crippen LogP contribution in [0.5, 0.6) is 0 Å². The van der Waals surface area contributed by atoms with E-state index in [9.17, 15) is 13.2 Å². The third kappa shape index (κ3) is 11.3. The van der Waals surface area contributed by atoms with Crippen LogP contribution in [0.1, 0.15) is 6.92 Å². The van der Waals surface area contributed by atoms with Crippen LogP contribution < -0.4 is 0 Å². The monoisotopic (exact) mass is 282 g/mol. The SMILES string of the molecule is C=C(Br)C(F)(F)F.CCBr. The summed E-state index contributed by atoms with van der Waals surface area (Å²) < 4.78 is 32.2. The van der Waals surface area contributed by atoms with Crippen molar-refractivity contribution >= 4 is 31.9 Å². The van der Waals surface area contributed by atoms with Crippen LogP contribution in [0, 0.1) is 0 Å². The Morgan fingerprint density at radius 3 is 1.60 bits per heavy atom. The Labute approximate surface area is 74.7 Å². The molecule has 0 aliphatic carbocycles. The molecule has 0 aliphatic heterocycles. The normalized spacial score (nSPS) is 9.80. The fraction of sp³-hybridized carbons (Fsp3) is 0.600. The maximum atomic E-state index is 11.0. The lowest BCUT2D eigenvalue weighted by molar-refractivity contribution is -0.0825. The van der Waals surface area contributed by atoms with Crippen molar-refractivity contribution in [3.63, 3.8) is 0 Å². The molecule has 0 aromatic rings. The first-order chi connectivity index (χ1) is 4.36. The predicted molar refractivity (Wildman–Crippen MR) is 43.6 cm³/mol. The van der Waals surface area contributed by atoms with Crippen molar-refractivity contribution in [2.24, 2.45) is 0 Å². The Bertz CT molecular complexity index is 97.6. The molecule has 0 nitrogen and oxygen atoms in total. The summed E-state index contributed by atoms with van der Waals surface area (Å²) in [7, 11) is 0. The van der Waals surface area contributed by atoms with Crippen LogP contribution >= 0.6 is 31.9 Å². The van der Waals surface area contributed by atoms with Gasteiger partial charge in [0.15, 0.2) is 0 Å². The van der Waals surface area contributed by atoms with Crippen LogP contribution in [-0.2, 0) is 0 Å². The van der Waals surface area contributed by atoms with Gasteiger partial charge in [0, 0.05) is 5.33 Å². The van der Waals surface area contributed by atoms with Crippen LogP contribution in [0.15, 0.2) is 11.1 Å². The molecular formula is C5H7Br2F3. The minimum Gasteiger partial charge on any atom is -0.166 e. The Balaban J connectivity index is 0. The van der Waals surface area contributed by atoms with E-state index >= 15 is 0 Å². The van der Waals surface area contributed by atoms with Gasteiger partial charge in [-0.15, -0.1) is 0 Å². The number of alkyl halides is 4. The van der Waals surface area contributed by atoms with E-state index in [1.807, 2.05) is 6.92 Å². The van der Waals surface area contributed by atoms with Crippen LogP contribution in [0.2, 0.25) is 0 Å². The summed E-state index contributed by atoms with van der Waals surface area (Å²) in [5.74, 6) is 0. The highest BCUT2D eigenvalue weighted by Gasteiger charge is 2.29. The molecule has 0 spiro atoms. The number of hydrogen-bond acceptors (Lipinski definition) is 0. The quantitative estimate of drug-likeness (QED) is 0.592. The molecule has 0 amide bonds. The zero-order valence-corrected chi connectivity index (χ0v) is 8.48. The highest BCUT2D eigenvalue weighted by molar-refractivity contribution is 9.11. The lowest BCUT2D eigenvalue weighted by Crippen LogP contribution is -2.04. The Morgan fingerprint density at radius 2 is 1.60 bits per heavy atom. The van der Waals surface area contributed by atoms with Gasteiger partial charge in [-0.25, -0.2) is 0 Å². The Morgan fingerprint density at radius 1 is 1.50 bits per heavy atom. The molecule has 0 N–H and O–H groups in total. The summed E-state index contributed by atoms with van der Waals surface area (Å²) in [4.78, 5) is 0. The molecule has 0 fully saturated rings. The van der Waals surface area contributed by atoms with Gasteiger partial charge in [-0.1, -0.05) is 29.4 Å². The molecule has 0 aromatic carbocycles. The van der Waals surface area contributed by atoms with Crippen molar-refractivity contribution in [1.29, 1.82) is 0 Å². The summed E-state index contributed by atoms with van der Waals surface area (Å²) in [6, 6.07) is 0. The van der Waals surface area contributed by atoms with Crippen molar-refractivity contribution in [2.75, 3.05) is 5.33 Å². The summed E-state index contributed by atoms with van der Waals surface area (Å²) in [5, 5.41) is 1.06. The van der Waals surface area contributed by atoms with Crippen molar-refractivity contribution in [3.8, 4) is 0 Å². The van der Waals surface area contributed by atoms with Gasteiger partial charge in [0.2, 0.25) is 0 Å². The zero-order chi connectivity index (χ0) is 8.78. The van der Waals surface area contributed by atoms with Gasteiger partial charge >= 0.3 is 6.18 Å². The summed E-state index contributed by atoms with van der Waals surface area (Å²) in [6.45, 7) is 4.66. The van der Waals surface area contributed by atoms with E-state index in [1.54, 1.807) is 0 Å². The molecule has 0 heterocycles. The first-order valence-corrected chi connectivity index (χ1v) is 4.25. The van der Waals surface area contributed by atoms with Gasteiger partial charge < -0.3 is 0 Å². The van der Waals surface area contributed by atoms with Crippen molar-refractivity contribution in [1.82, 2.24) is 0 Å². The molecule has 0 atom stereocenters. The zero-order valence-electron chi connectivity index (χ0n) is 5.30. The van der Waals surface area contributed by atoms with Gasteiger partial charge in [-0.3, -0.25) is 0 Å². The maximum Gasteiger partial charge on any atom is 0.422 e. The smallest absolute Gasteiger partial charge is 0.166 e. The Kier molecular flexibility index (Phi) is 8.15. The molecule has 0 rings (SSSR count). The molecule has 10 heavy (non-hydrogen) atoms. The number of rotatable bonds is 0. The van der Waals surface area contributed by atoms with E-state index in [4.69, 9.17) is 0 Å². The predicted octanol–water partition coefficient (Wildman–Crippen LogP) is 3.86. The second-order valence-electron chi connectivity index (χ2n) is 1.17. The maximum absolute atomic E-state index is 11.0. The fourth-order valence-corrected chi connectivity index (χ4v) is 0. The molecule has 0 saturated carbocycles. The van der Waals surface area contributed by atoms with E-state index in [-0.39, 0.29) is 0 Å². The van der Waals surface area contributed by atoms with Crippen LogP contribution in [-0.4, -0.2) is 11.5 Å². The average Bonchev–Trinajstić information content (AvgIpc) is 1.64. The molecule has 0 bridgehead atoms. The van der Waals surface area contributed by atoms with E-state index in [1.165, 1.54) is 0 Å². The Hall–Kier alpha value is 0.490. The largest absolute Gasteiger partial charge is 0.422 e. The molecule has 0 radical (unpaired) electrons. The molecule has 0 saturated heterocycles. The molecule has 0 aliphatic rings. The molecule has 0 aromatic heterocycles. The molecule has 0 unspecified atom stereocenters. The van der Waals surface area contributed by atoms with Gasteiger partial charge in [0.25, 0.3) is 0 Å². The first-order valence-electron chi connectivity index (χ1n) is 2.33. The topological polar surface area (TPSA) is 0 Å². The molecule has 62 valence electrons. The third-order valence-electron chi connectivity index (χ3n) is 0.308. The fourth-order valence-electron chi connectivity index (χ4n) is 0. The van der Waals surface area contributed by atoms with Gasteiger partial charge in [0.05, 0.1) is 4.48 Å². The molecule has 5 heteroatoms. The first kappa shape index (κ1) is 13.1. The van der Waals surface area contributed by atoms with Crippen molar-refractivity contribution < 1.29 is 13.2 Å². The summed E-state index contributed by atoms with van der Waals surface area (Å²) in [6.07, 6.45) is -4.28. The second kappa shape index (κ2) is 6.22. The van der Waals surface area contributed by atoms with Crippen LogP contribution in [0.3, 0.4) is 0 Å². The lowest BCUT2D eigenvalue weighted by atomic mass is 10.6. The summed E-state index contributed by atoms with van der Waals surface area (Å²) >= 11 is 5.32. The van der Waals surface area contributed by atoms with Crippen molar-refractivity contribution in [3.05, 3.63) is 11.1 Å². The van der Waals surface area contributed by atoms with E-state index in [0.29, 0.717) is 0 Å². The van der Waals surface area contributed by atoms with Gasteiger partial charge in [-0.05, 0) is 15.9 Å². The van der Waals surface area contributed by atoms with Crippen LogP contribution in [0.25, 0.3) is 0 Å². The van der Waals surface area contributed by atoms with Gasteiger partial charge in [-0.2, -0.15) is 13.2 Å². The highest BCUT2D eigenvalue weighted by atomic mass is 79.9. The minimum atomic E-state index is -4.28. The van der Waals surface area contributed by atoms with Crippen LogP contribution in [0.4, 0.5) is 13.2 Å². The minimum absolute atomic E-state index is 0.944. The lowest BCUT2D eigenvalue weighted by Gasteiger charge is -1.99. The standard InChI is InChI=1S/C3H2BrF3.C2H5Br/c1-2(4)3(5,6)7;1-2-3/h1H2;2H2,1H3. The van der Waals surface area contributed by atoms with Crippen molar-refractivity contribution in [2.45, 2.75) is 13.1 Å².